The van der Waals surface area contributed by atoms with E-state index in [2.05, 4.69) is 77.6 Å². The number of hydrogen-bond donors (Lipinski definition) is 0. The second-order valence-corrected chi connectivity index (χ2v) is 17.2. The molecule has 256 valence electrons. The van der Waals surface area contributed by atoms with E-state index < -0.39 is 11.8 Å². The fourth-order valence-corrected chi connectivity index (χ4v) is 10.8. The number of imide groups is 2. The highest BCUT2D eigenvalue weighted by Gasteiger charge is 2.51. The number of allylic oxidation sites excluding steroid dienone is 1. The summed E-state index contributed by atoms with van der Waals surface area (Å²) in [6, 6.07) is 3.96. The first kappa shape index (κ1) is 35.3. The summed E-state index contributed by atoms with van der Waals surface area (Å²) in [4.78, 5) is 59.4. The first-order valence-corrected chi connectivity index (χ1v) is 20.7. The van der Waals surface area contributed by atoms with Crippen LogP contribution in [-0.4, -0.2) is 46.5 Å². The number of halogens is 4. The summed E-state index contributed by atoms with van der Waals surface area (Å²) in [6.07, 6.45) is 15.5. The number of nitrogens with zero attached hydrogens (tertiary/aromatic N) is 2. The molecule has 0 spiro atoms. The molecule has 0 radical (unpaired) electrons. The molecule has 49 heavy (non-hydrogen) atoms. The third kappa shape index (κ3) is 5.66. The van der Waals surface area contributed by atoms with Crippen LogP contribution in [-0.2, 0) is 9.59 Å². The quantitative estimate of drug-likeness (QED) is 0.126. The maximum absolute atomic E-state index is 14.2. The number of benzene rings is 3. The van der Waals surface area contributed by atoms with Gasteiger partial charge in [0.25, 0.3) is 17.7 Å². The minimum Gasteiger partial charge on any atom is -0.278 e. The molecule has 0 N–H and O–H groups in total. The molecule has 1 fully saturated rings. The van der Waals surface area contributed by atoms with Gasteiger partial charge in [0, 0.05) is 47.9 Å². The molecule has 2 aliphatic heterocycles. The van der Waals surface area contributed by atoms with Crippen LogP contribution in [0, 0.1) is 5.92 Å². The highest BCUT2D eigenvalue weighted by Crippen LogP contribution is 2.54. The molecule has 7 rings (SSSR count). The topological polar surface area (TPSA) is 74.8 Å². The zero-order valence-electron chi connectivity index (χ0n) is 27.7. The summed E-state index contributed by atoms with van der Waals surface area (Å²) in [6.45, 7) is 5.14. The van der Waals surface area contributed by atoms with E-state index in [1.807, 2.05) is 24.3 Å². The lowest BCUT2D eigenvalue weighted by molar-refractivity contribution is -0.147. The largest absolute Gasteiger partial charge is 0.278 e. The molecule has 2 unspecified atom stereocenters. The van der Waals surface area contributed by atoms with Crippen molar-refractivity contribution in [2.75, 3.05) is 13.1 Å². The van der Waals surface area contributed by atoms with Crippen molar-refractivity contribution in [3.8, 4) is 0 Å². The average molecular weight is 918 g/mol. The van der Waals surface area contributed by atoms with E-state index in [-0.39, 0.29) is 23.6 Å². The Hall–Kier alpha value is -2.14. The molecule has 4 amide bonds. The fourth-order valence-electron chi connectivity index (χ4n) is 8.32. The monoisotopic (exact) mass is 914 g/mol. The molecule has 2 atom stereocenters. The van der Waals surface area contributed by atoms with E-state index in [4.69, 9.17) is 0 Å². The summed E-state index contributed by atoms with van der Waals surface area (Å²) < 4.78 is 2.63. The third-order valence-corrected chi connectivity index (χ3v) is 13.3. The predicted molar refractivity (Wildman–Crippen MR) is 210 cm³/mol. The number of piperidine rings is 1. The van der Waals surface area contributed by atoms with E-state index in [1.54, 1.807) is 0 Å². The van der Waals surface area contributed by atoms with Crippen molar-refractivity contribution >= 4 is 121 Å². The smallest absolute Gasteiger partial charge is 0.262 e. The van der Waals surface area contributed by atoms with Crippen molar-refractivity contribution in [2.24, 2.45) is 5.92 Å². The standard InChI is InChI=1S/C39H38Br4N2O4/c1-3-5-7-9-11-13-15-45-38(48)32-26(42)18-22-20-16-24(40)30-34-28(20)21(23-19-27(43)33(39(45)49)35(32)29(22)23)17-25(41)31(34)37(47)44(36(30)46)14-12-10-8-6-4-2/h16-19,32,35H,3-15H2,1-2H3. The van der Waals surface area contributed by atoms with Crippen LogP contribution < -0.4 is 5.22 Å². The van der Waals surface area contributed by atoms with Gasteiger partial charge in [-0.15, -0.1) is 0 Å². The van der Waals surface area contributed by atoms with Crippen molar-refractivity contribution in [3.05, 3.63) is 63.1 Å². The Labute approximate surface area is 320 Å². The maximum atomic E-state index is 14.2. The molecule has 3 aromatic rings. The van der Waals surface area contributed by atoms with Gasteiger partial charge < -0.3 is 0 Å². The molecule has 1 saturated heterocycles. The van der Waals surface area contributed by atoms with E-state index in [0.717, 1.165) is 88.4 Å². The number of amides is 4. The summed E-state index contributed by atoms with van der Waals surface area (Å²) in [5, 5.41) is 4.11. The van der Waals surface area contributed by atoms with Crippen LogP contribution in [0.3, 0.4) is 0 Å². The number of carbonyl (C=O) groups is 4. The van der Waals surface area contributed by atoms with Gasteiger partial charge in [0.2, 0.25) is 5.91 Å². The van der Waals surface area contributed by atoms with Crippen LogP contribution in [0.2, 0.25) is 0 Å². The van der Waals surface area contributed by atoms with Gasteiger partial charge in [-0.05, 0) is 101 Å². The van der Waals surface area contributed by atoms with Crippen LogP contribution in [0.4, 0.5) is 0 Å². The zero-order chi connectivity index (χ0) is 34.7. The van der Waals surface area contributed by atoms with Gasteiger partial charge >= 0.3 is 0 Å². The molecule has 4 aliphatic rings. The van der Waals surface area contributed by atoms with Crippen LogP contribution in [0.15, 0.2) is 35.6 Å². The highest BCUT2D eigenvalue weighted by atomic mass is 79.9. The molecular weight excluding hydrogens is 880 g/mol. The lowest BCUT2D eigenvalue weighted by Gasteiger charge is -2.43. The molecule has 2 heterocycles. The van der Waals surface area contributed by atoms with Gasteiger partial charge in [-0.3, -0.25) is 29.0 Å². The Kier molecular flexibility index (Phi) is 10.2. The molecule has 0 saturated carbocycles. The molecule has 3 aromatic carbocycles. The van der Waals surface area contributed by atoms with Gasteiger partial charge in [-0.25, -0.2) is 0 Å². The van der Waals surface area contributed by atoms with E-state index in [1.165, 1.54) is 29.1 Å². The normalized spacial score (nSPS) is 19.8. The number of unbranched alkanes of at least 4 members (excludes halogenated alkanes) is 9. The summed E-state index contributed by atoms with van der Waals surface area (Å²) in [5.74, 6) is -2.01. The van der Waals surface area contributed by atoms with Crippen molar-refractivity contribution in [1.82, 2.24) is 9.80 Å². The minimum absolute atomic E-state index is 0.173. The molecule has 0 bridgehead atoms. The maximum Gasteiger partial charge on any atom is 0.262 e. The molecule has 10 heteroatoms. The van der Waals surface area contributed by atoms with Gasteiger partial charge in [0.05, 0.1) is 17.0 Å². The molecule has 0 aromatic heterocycles. The average Bonchev–Trinajstić information content (AvgIpc) is 3.06. The number of rotatable bonds is 13. The third-order valence-electron chi connectivity index (χ3n) is 10.7. The van der Waals surface area contributed by atoms with E-state index in [0.29, 0.717) is 48.6 Å². The molecule has 2 aliphatic carbocycles. The second kappa shape index (κ2) is 14.1. The van der Waals surface area contributed by atoms with Crippen molar-refractivity contribution in [3.63, 3.8) is 0 Å². The van der Waals surface area contributed by atoms with Crippen LogP contribution in [0.5, 0.6) is 0 Å². The number of fused-ring (bicyclic) bond motifs is 2. The SMILES string of the molecule is CCCCCCCCN1C(=O)C2=C(Br)C=c3c4c(c5cc(Br)c6c7c(c(Br)cc3c57)C(=O)N(CCCCCCC)C6=O)C=C(Br)C(C1=O)C24. The van der Waals surface area contributed by atoms with Crippen molar-refractivity contribution < 1.29 is 19.2 Å². The highest BCUT2D eigenvalue weighted by molar-refractivity contribution is 9.12. The van der Waals surface area contributed by atoms with Gasteiger partial charge in [-0.2, -0.15) is 0 Å². The fraction of sp³-hybridized carbons (Fsp3) is 0.436. The van der Waals surface area contributed by atoms with E-state index in [9.17, 15) is 19.2 Å². The zero-order valence-corrected chi connectivity index (χ0v) is 34.0. The predicted octanol–water partition coefficient (Wildman–Crippen LogP) is 10.4. The Morgan fingerprint density at radius 3 is 1.78 bits per heavy atom. The van der Waals surface area contributed by atoms with Crippen molar-refractivity contribution in [1.29, 1.82) is 0 Å². The Morgan fingerprint density at radius 1 is 0.612 bits per heavy atom. The summed E-state index contributed by atoms with van der Waals surface area (Å²) in [5.41, 5.74) is 3.41. The first-order valence-electron chi connectivity index (χ1n) is 17.6. The first-order chi connectivity index (χ1) is 23.6. The summed E-state index contributed by atoms with van der Waals surface area (Å²) in [7, 11) is 0. The number of hydrogen-bond acceptors (Lipinski definition) is 4. The van der Waals surface area contributed by atoms with Crippen molar-refractivity contribution in [2.45, 2.75) is 90.4 Å². The van der Waals surface area contributed by atoms with Gasteiger partial charge in [0.1, 0.15) is 0 Å². The van der Waals surface area contributed by atoms with Crippen LogP contribution in [0.1, 0.15) is 122 Å². The Bertz CT molecular complexity index is 2060. The van der Waals surface area contributed by atoms with E-state index >= 15 is 0 Å². The number of likely N-dealkylation sites (tertiary alicyclic amines) is 1. The summed E-state index contributed by atoms with van der Waals surface area (Å²) >= 11 is 15.1. The number of carbonyl (C=O) groups excluding carboxylic acids is 4. The van der Waals surface area contributed by atoms with Gasteiger partial charge in [-0.1, -0.05) is 103 Å². The minimum atomic E-state index is -0.557. The second-order valence-electron chi connectivity index (χ2n) is 13.7. The van der Waals surface area contributed by atoms with Crippen LogP contribution in [0.25, 0.3) is 33.7 Å². The Morgan fingerprint density at radius 2 is 1.16 bits per heavy atom. The lowest BCUT2D eigenvalue weighted by atomic mass is 9.67. The molecular formula is C39H38Br4N2O4. The molecule has 6 nitrogen and oxygen atoms in total. The lowest BCUT2D eigenvalue weighted by Crippen LogP contribution is -2.52. The Balaban J connectivity index is 1.38. The van der Waals surface area contributed by atoms with Gasteiger partial charge in [0.15, 0.2) is 0 Å². The van der Waals surface area contributed by atoms with Crippen LogP contribution >= 0.6 is 63.7 Å².